The van der Waals surface area contributed by atoms with E-state index < -0.39 is 22.0 Å². The van der Waals surface area contributed by atoms with Crippen LogP contribution in [0.4, 0.5) is 5.69 Å². The summed E-state index contributed by atoms with van der Waals surface area (Å²) in [6.45, 7) is -0.281. The highest BCUT2D eigenvalue weighted by Gasteiger charge is 2.28. The van der Waals surface area contributed by atoms with Gasteiger partial charge in [-0.25, -0.2) is 0 Å². The largest absolute Gasteiger partial charge is 0.394 e. The molecule has 0 aromatic heterocycles. The predicted molar refractivity (Wildman–Crippen MR) is 93.8 cm³/mol. The first-order chi connectivity index (χ1) is 12.0. The topological polar surface area (TPSA) is 108 Å². The van der Waals surface area contributed by atoms with Crippen molar-refractivity contribution in [3.05, 3.63) is 60.2 Å². The number of sulfonamides is 1. The van der Waals surface area contributed by atoms with Crippen molar-refractivity contribution in [2.45, 2.75) is 17.4 Å². The first-order valence-corrected chi connectivity index (χ1v) is 9.10. The summed E-state index contributed by atoms with van der Waals surface area (Å²) in [6, 6.07) is 15.0. The quantitative estimate of drug-likeness (QED) is 0.736. The van der Waals surface area contributed by atoms with Gasteiger partial charge in [0.1, 0.15) is 4.90 Å². The van der Waals surface area contributed by atoms with Crippen molar-refractivity contribution in [3.8, 4) is 0 Å². The standard InChI is InChI=1S/C17H17N3O4S/c21-11-13(10-12-6-2-1-3-7-12)18-17(22)16-19-14-8-4-5-9-15(14)25(23,24)20-16/h1-9,13,21H,10-11H2,(H,18,22)(H,19,20)/t13-/m0/s1. The number of fused-ring (bicyclic) bond motifs is 1. The fourth-order valence-electron chi connectivity index (χ4n) is 2.53. The molecule has 130 valence electrons. The number of rotatable bonds is 5. The van der Waals surface area contributed by atoms with Gasteiger partial charge in [-0.2, -0.15) is 8.42 Å². The fourth-order valence-corrected chi connectivity index (χ4v) is 3.64. The zero-order valence-corrected chi connectivity index (χ0v) is 14.0. The van der Waals surface area contributed by atoms with E-state index in [2.05, 4.69) is 15.0 Å². The summed E-state index contributed by atoms with van der Waals surface area (Å²) in [5.41, 5.74) is 1.24. The van der Waals surface area contributed by atoms with E-state index in [1.807, 2.05) is 30.3 Å². The van der Waals surface area contributed by atoms with Gasteiger partial charge in [0.2, 0.25) is 5.84 Å². The van der Waals surface area contributed by atoms with Gasteiger partial charge in [-0.05, 0) is 24.1 Å². The first kappa shape index (κ1) is 17.1. The van der Waals surface area contributed by atoms with Gasteiger partial charge in [-0.3, -0.25) is 4.79 Å². The minimum atomic E-state index is -3.94. The van der Waals surface area contributed by atoms with Gasteiger partial charge in [0.15, 0.2) is 0 Å². The Morgan fingerprint density at radius 1 is 1.12 bits per heavy atom. The molecule has 7 nitrogen and oxygen atoms in total. The maximum absolute atomic E-state index is 12.4. The summed E-state index contributed by atoms with van der Waals surface area (Å²) < 4.78 is 27.9. The second-order valence-corrected chi connectivity index (χ2v) is 7.15. The molecule has 2 aromatic carbocycles. The Hall–Kier alpha value is -2.71. The van der Waals surface area contributed by atoms with E-state index >= 15 is 0 Å². The molecule has 1 aliphatic heterocycles. The van der Waals surface area contributed by atoms with Crippen molar-refractivity contribution >= 4 is 27.5 Å². The smallest absolute Gasteiger partial charge is 0.288 e. The van der Waals surface area contributed by atoms with Crippen molar-refractivity contribution < 1.29 is 18.3 Å². The molecule has 1 atom stereocenters. The number of aliphatic hydroxyl groups is 1. The molecule has 0 bridgehead atoms. The number of benzene rings is 2. The molecular weight excluding hydrogens is 342 g/mol. The van der Waals surface area contributed by atoms with Gasteiger partial charge in [-0.15, -0.1) is 4.40 Å². The molecule has 3 N–H and O–H groups in total. The molecule has 0 radical (unpaired) electrons. The number of hydrogen-bond acceptors (Lipinski definition) is 5. The monoisotopic (exact) mass is 359 g/mol. The fraction of sp³-hybridized carbons (Fsp3) is 0.176. The molecule has 25 heavy (non-hydrogen) atoms. The number of carbonyl (C=O) groups is 1. The third-order valence-corrected chi connectivity index (χ3v) is 5.06. The molecule has 1 aliphatic rings. The summed E-state index contributed by atoms with van der Waals surface area (Å²) in [6.07, 6.45) is 0.416. The van der Waals surface area contributed by atoms with Gasteiger partial charge >= 0.3 is 0 Å². The SMILES string of the molecule is O=C(N[C@H](CO)Cc1ccccc1)C1=NS(=O)(=O)c2ccccc2N1. The van der Waals surface area contributed by atoms with Gasteiger partial charge in [0.25, 0.3) is 15.9 Å². The maximum atomic E-state index is 12.4. The molecule has 0 saturated carbocycles. The van der Waals surface area contributed by atoms with E-state index in [1.54, 1.807) is 18.2 Å². The number of amides is 1. The highest BCUT2D eigenvalue weighted by molar-refractivity contribution is 7.90. The molecule has 2 aromatic rings. The third-order valence-electron chi connectivity index (χ3n) is 3.73. The van der Waals surface area contributed by atoms with Crippen molar-refractivity contribution in [1.29, 1.82) is 0 Å². The van der Waals surface area contributed by atoms with Crippen LogP contribution in [0.1, 0.15) is 5.56 Å². The van der Waals surface area contributed by atoms with Crippen molar-refractivity contribution in [2.75, 3.05) is 11.9 Å². The molecule has 0 aliphatic carbocycles. The van der Waals surface area contributed by atoms with Crippen LogP contribution < -0.4 is 10.6 Å². The summed E-state index contributed by atoms with van der Waals surface area (Å²) >= 11 is 0. The van der Waals surface area contributed by atoms with Crippen LogP contribution in [-0.2, 0) is 21.2 Å². The lowest BCUT2D eigenvalue weighted by Crippen LogP contribution is -2.45. The number of nitrogens with zero attached hydrogens (tertiary/aromatic N) is 1. The van der Waals surface area contributed by atoms with E-state index in [1.165, 1.54) is 6.07 Å². The van der Waals surface area contributed by atoms with Crippen LogP contribution in [0.5, 0.6) is 0 Å². The number of nitrogens with one attached hydrogen (secondary N) is 2. The molecule has 0 spiro atoms. The number of hydrogen-bond donors (Lipinski definition) is 3. The number of aliphatic hydroxyl groups excluding tert-OH is 1. The van der Waals surface area contributed by atoms with Gasteiger partial charge in [-0.1, -0.05) is 42.5 Å². The van der Waals surface area contributed by atoms with Gasteiger partial charge < -0.3 is 15.7 Å². The second-order valence-electron chi connectivity index (χ2n) is 5.58. The number of carbonyl (C=O) groups excluding carboxylic acids is 1. The Morgan fingerprint density at radius 2 is 1.80 bits per heavy atom. The average Bonchev–Trinajstić information content (AvgIpc) is 2.61. The molecule has 8 heteroatoms. The average molecular weight is 359 g/mol. The first-order valence-electron chi connectivity index (χ1n) is 7.66. The predicted octanol–water partition coefficient (Wildman–Crippen LogP) is 0.919. The number of anilines is 1. The zero-order valence-electron chi connectivity index (χ0n) is 13.2. The molecule has 1 amide bonds. The highest BCUT2D eigenvalue weighted by atomic mass is 32.2. The normalized spacial score (nSPS) is 16.1. The van der Waals surface area contributed by atoms with Gasteiger partial charge in [0, 0.05) is 0 Å². The lowest BCUT2D eigenvalue weighted by atomic mass is 10.1. The Balaban J connectivity index is 1.76. The Bertz CT molecular complexity index is 911. The minimum Gasteiger partial charge on any atom is -0.394 e. The van der Waals surface area contributed by atoms with E-state index in [-0.39, 0.29) is 17.3 Å². The second kappa shape index (κ2) is 7.04. The molecule has 0 unspecified atom stereocenters. The molecule has 0 fully saturated rings. The van der Waals surface area contributed by atoms with Crippen molar-refractivity contribution in [3.63, 3.8) is 0 Å². The van der Waals surface area contributed by atoms with Crippen LogP contribution in [0.3, 0.4) is 0 Å². The maximum Gasteiger partial charge on any atom is 0.288 e. The molecule has 0 saturated heterocycles. The lowest BCUT2D eigenvalue weighted by molar-refractivity contribution is -0.115. The van der Waals surface area contributed by atoms with Crippen LogP contribution in [0.15, 0.2) is 63.9 Å². The Labute approximate surface area is 145 Å². The van der Waals surface area contributed by atoms with E-state index in [0.29, 0.717) is 12.1 Å². The number of para-hydroxylation sites is 1. The Kier molecular flexibility index (Phi) is 4.82. The van der Waals surface area contributed by atoms with Crippen LogP contribution in [0.25, 0.3) is 0 Å². The van der Waals surface area contributed by atoms with Crippen LogP contribution in [-0.4, -0.2) is 37.9 Å². The van der Waals surface area contributed by atoms with E-state index in [0.717, 1.165) is 5.56 Å². The third kappa shape index (κ3) is 3.86. The summed E-state index contributed by atoms with van der Waals surface area (Å²) in [5, 5.41) is 14.8. The summed E-state index contributed by atoms with van der Waals surface area (Å²) in [4.78, 5) is 12.4. The van der Waals surface area contributed by atoms with Crippen molar-refractivity contribution in [1.82, 2.24) is 5.32 Å². The minimum absolute atomic E-state index is 0.0227. The summed E-state index contributed by atoms with van der Waals surface area (Å²) in [5.74, 6) is -1.00. The van der Waals surface area contributed by atoms with Crippen LogP contribution in [0, 0.1) is 0 Å². The summed E-state index contributed by atoms with van der Waals surface area (Å²) in [7, 11) is -3.94. The van der Waals surface area contributed by atoms with Crippen LogP contribution >= 0.6 is 0 Å². The Morgan fingerprint density at radius 3 is 2.52 bits per heavy atom. The van der Waals surface area contributed by atoms with Crippen molar-refractivity contribution in [2.24, 2.45) is 4.40 Å². The zero-order chi connectivity index (χ0) is 17.9. The lowest BCUT2D eigenvalue weighted by Gasteiger charge is -2.20. The van der Waals surface area contributed by atoms with Crippen LogP contribution in [0.2, 0.25) is 0 Å². The molecule has 3 rings (SSSR count). The number of amidine groups is 1. The molecular formula is C17H17N3O4S. The van der Waals surface area contributed by atoms with E-state index in [4.69, 9.17) is 0 Å². The van der Waals surface area contributed by atoms with E-state index in [9.17, 15) is 18.3 Å². The molecule has 1 heterocycles. The van der Waals surface area contributed by atoms with Gasteiger partial charge in [0.05, 0.1) is 18.3 Å². The highest BCUT2D eigenvalue weighted by Crippen LogP contribution is 2.26.